The van der Waals surface area contributed by atoms with E-state index in [-0.39, 0.29) is 0 Å². The van der Waals surface area contributed by atoms with Crippen LogP contribution in [0.1, 0.15) is 31.2 Å². The molecule has 6 heteroatoms. The third-order valence-electron chi connectivity index (χ3n) is 4.91. The molecule has 0 spiro atoms. The minimum Gasteiger partial charge on any atom is -0.363 e. The molecule has 1 saturated carbocycles. The number of hydrogen-bond donors (Lipinski definition) is 2. The Morgan fingerprint density at radius 1 is 1.04 bits per heavy atom. The smallest absolute Gasteiger partial charge is 0.224 e. The van der Waals surface area contributed by atoms with E-state index in [0.717, 1.165) is 31.2 Å². The number of aromatic nitrogens is 2. The van der Waals surface area contributed by atoms with Crippen molar-refractivity contribution in [3.8, 4) is 0 Å². The normalized spacial score (nSPS) is 20.0. The number of rotatable bonds is 7. The zero-order chi connectivity index (χ0) is 18.4. The first-order valence-electron chi connectivity index (χ1n) is 9.27. The number of thioether (sulfide) groups is 1. The zero-order valence-electron chi connectivity index (χ0n) is 15.9. The Morgan fingerprint density at radius 2 is 1.73 bits per heavy atom. The lowest BCUT2D eigenvalue weighted by Crippen LogP contribution is -2.36. The second kappa shape index (κ2) is 9.24. The molecule has 1 aliphatic rings. The maximum atomic E-state index is 4.56. The molecular formula is C20H29N5S. The summed E-state index contributed by atoms with van der Waals surface area (Å²) in [7, 11) is 4.00. The Morgan fingerprint density at radius 3 is 2.38 bits per heavy atom. The molecule has 0 radical (unpaired) electrons. The predicted octanol–water partition coefficient (Wildman–Crippen LogP) is 3.78. The Bertz CT molecular complexity index is 681. The molecule has 140 valence electrons. The molecule has 0 amide bonds. The summed E-state index contributed by atoms with van der Waals surface area (Å²) in [5, 5.41) is 7.22. The van der Waals surface area contributed by atoms with Gasteiger partial charge in [-0.3, -0.25) is 0 Å². The average molecular weight is 372 g/mol. The van der Waals surface area contributed by atoms with Crippen molar-refractivity contribution in [3.05, 3.63) is 42.1 Å². The molecular weight excluding hydrogens is 342 g/mol. The van der Waals surface area contributed by atoms with E-state index in [1.54, 1.807) is 11.8 Å². The minimum absolute atomic E-state index is 0.464. The van der Waals surface area contributed by atoms with E-state index in [4.69, 9.17) is 0 Å². The number of nitrogens with zero attached hydrogens (tertiary/aromatic N) is 3. The van der Waals surface area contributed by atoms with Gasteiger partial charge in [0.2, 0.25) is 5.95 Å². The van der Waals surface area contributed by atoms with Crippen LogP contribution in [0.2, 0.25) is 0 Å². The lowest BCUT2D eigenvalue weighted by atomic mass is 9.91. The van der Waals surface area contributed by atoms with Gasteiger partial charge >= 0.3 is 0 Å². The molecule has 0 atom stereocenters. The fourth-order valence-electron chi connectivity index (χ4n) is 3.30. The van der Waals surface area contributed by atoms with Crippen LogP contribution in [0.15, 0.2) is 41.4 Å². The Kier molecular flexibility index (Phi) is 6.74. The third-order valence-corrected chi connectivity index (χ3v) is 5.66. The number of hydrogen-bond acceptors (Lipinski definition) is 6. The largest absolute Gasteiger partial charge is 0.363 e. The summed E-state index contributed by atoms with van der Waals surface area (Å²) < 4.78 is 0. The van der Waals surface area contributed by atoms with Gasteiger partial charge in [-0.1, -0.05) is 12.1 Å². The van der Waals surface area contributed by atoms with Crippen LogP contribution >= 0.6 is 11.8 Å². The van der Waals surface area contributed by atoms with E-state index >= 15 is 0 Å². The highest BCUT2D eigenvalue weighted by molar-refractivity contribution is 7.98. The van der Waals surface area contributed by atoms with E-state index in [1.165, 1.54) is 23.3 Å². The van der Waals surface area contributed by atoms with Crippen molar-refractivity contribution in [3.63, 3.8) is 0 Å². The molecule has 2 aromatic rings. The first-order valence-corrected chi connectivity index (χ1v) is 10.5. The standard InChI is InChI=1S/C20H29N5S/c1-25(2)19-12-13-21-20(24-19)23-17-8-6-16(7-9-17)22-14-15-4-10-18(26-3)11-5-15/h4-5,10-13,16-17,22H,6-9,14H2,1-3H3,(H,21,23,24)/t16-,17+. The molecule has 2 N–H and O–H groups in total. The van der Waals surface area contributed by atoms with Crippen molar-refractivity contribution < 1.29 is 0 Å². The highest BCUT2D eigenvalue weighted by Crippen LogP contribution is 2.22. The lowest BCUT2D eigenvalue weighted by molar-refractivity contribution is 0.352. The van der Waals surface area contributed by atoms with E-state index in [9.17, 15) is 0 Å². The second-order valence-electron chi connectivity index (χ2n) is 7.05. The number of anilines is 2. The monoisotopic (exact) mass is 371 g/mol. The molecule has 1 aliphatic carbocycles. The summed E-state index contributed by atoms with van der Waals surface area (Å²) in [6.45, 7) is 0.950. The molecule has 0 aliphatic heterocycles. The fourth-order valence-corrected chi connectivity index (χ4v) is 3.71. The van der Waals surface area contributed by atoms with Crippen molar-refractivity contribution >= 4 is 23.5 Å². The maximum Gasteiger partial charge on any atom is 0.224 e. The number of benzene rings is 1. The molecule has 1 heterocycles. The van der Waals surface area contributed by atoms with E-state index < -0.39 is 0 Å². The average Bonchev–Trinajstić information content (AvgIpc) is 2.68. The van der Waals surface area contributed by atoms with Crippen LogP contribution in [0.4, 0.5) is 11.8 Å². The van der Waals surface area contributed by atoms with Crippen molar-refractivity contribution in [2.24, 2.45) is 0 Å². The molecule has 26 heavy (non-hydrogen) atoms. The molecule has 1 aromatic carbocycles. The van der Waals surface area contributed by atoms with Crippen LogP contribution in [-0.4, -0.2) is 42.4 Å². The van der Waals surface area contributed by atoms with Gasteiger partial charge in [-0.2, -0.15) is 4.98 Å². The lowest BCUT2D eigenvalue weighted by Gasteiger charge is -2.30. The summed E-state index contributed by atoms with van der Waals surface area (Å²) >= 11 is 1.79. The molecule has 3 rings (SSSR count). The van der Waals surface area contributed by atoms with Crippen LogP contribution in [0, 0.1) is 0 Å². The second-order valence-corrected chi connectivity index (χ2v) is 7.93. The first kappa shape index (κ1) is 19.0. The molecule has 0 unspecified atom stereocenters. The van der Waals surface area contributed by atoms with Crippen LogP contribution in [-0.2, 0) is 6.54 Å². The van der Waals surface area contributed by atoms with Gasteiger partial charge in [-0.15, -0.1) is 11.8 Å². The predicted molar refractivity (Wildman–Crippen MR) is 111 cm³/mol. The van der Waals surface area contributed by atoms with Crippen LogP contribution in [0.25, 0.3) is 0 Å². The number of nitrogens with one attached hydrogen (secondary N) is 2. The van der Waals surface area contributed by atoms with Gasteiger partial charge in [-0.05, 0) is 55.7 Å². The maximum absolute atomic E-state index is 4.56. The van der Waals surface area contributed by atoms with Gasteiger partial charge in [0.25, 0.3) is 0 Å². The highest BCUT2D eigenvalue weighted by Gasteiger charge is 2.21. The molecule has 5 nitrogen and oxygen atoms in total. The SMILES string of the molecule is CSc1ccc(CN[C@H]2CC[C@@H](Nc3nccc(N(C)C)n3)CC2)cc1. The van der Waals surface area contributed by atoms with Crippen molar-refractivity contribution in [2.45, 2.75) is 49.2 Å². The van der Waals surface area contributed by atoms with Gasteiger partial charge in [0.05, 0.1) is 0 Å². The van der Waals surface area contributed by atoms with Crippen LogP contribution in [0.3, 0.4) is 0 Å². The first-order chi connectivity index (χ1) is 12.6. The summed E-state index contributed by atoms with van der Waals surface area (Å²) in [4.78, 5) is 12.2. The van der Waals surface area contributed by atoms with Gasteiger partial charge in [0.15, 0.2) is 0 Å². The van der Waals surface area contributed by atoms with Crippen molar-refractivity contribution in [1.29, 1.82) is 0 Å². The van der Waals surface area contributed by atoms with Crippen LogP contribution in [0.5, 0.6) is 0 Å². The third kappa shape index (κ3) is 5.35. The van der Waals surface area contributed by atoms with Crippen molar-refractivity contribution in [1.82, 2.24) is 15.3 Å². The summed E-state index contributed by atoms with van der Waals surface area (Å²) in [5.41, 5.74) is 1.36. The molecule has 0 saturated heterocycles. The van der Waals surface area contributed by atoms with Gasteiger partial charge in [0, 0.05) is 43.8 Å². The molecule has 0 bridgehead atoms. The molecule has 1 aromatic heterocycles. The van der Waals surface area contributed by atoms with Gasteiger partial charge < -0.3 is 15.5 Å². The highest BCUT2D eigenvalue weighted by atomic mass is 32.2. The Balaban J connectivity index is 1.43. The Hall–Kier alpha value is -1.79. The summed E-state index contributed by atoms with van der Waals surface area (Å²) in [6, 6.07) is 11.8. The summed E-state index contributed by atoms with van der Waals surface area (Å²) in [6.07, 6.45) is 8.61. The fraction of sp³-hybridized carbons (Fsp3) is 0.500. The van der Waals surface area contributed by atoms with E-state index in [1.807, 2.05) is 31.3 Å². The topological polar surface area (TPSA) is 53.1 Å². The summed E-state index contributed by atoms with van der Waals surface area (Å²) in [5.74, 6) is 1.67. The quantitative estimate of drug-likeness (QED) is 0.723. The van der Waals surface area contributed by atoms with Gasteiger partial charge in [-0.25, -0.2) is 4.98 Å². The molecule has 1 fully saturated rings. The van der Waals surface area contributed by atoms with Gasteiger partial charge in [0.1, 0.15) is 5.82 Å². The Labute approximate surface area is 161 Å². The minimum atomic E-state index is 0.464. The van der Waals surface area contributed by atoms with Crippen LogP contribution < -0.4 is 15.5 Å². The van der Waals surface area contributed by atoms with Crippen molar-refractivity contribution in [2.75, 3.05) is 30.6 Å². The van der Waals surface area contributed by atoms with E-state index in [2.05, 4.69) is 51.1 Å². The zero-order valence-corrected chi connectivity index (χ0v) is 16.7. The van der Waals surface area contributed by atoms with E-state index in [0.29, 0.717) is 12.1 Å².